The van der Waals surface area contributed by atoms with Crippen LogP contribution in [0, 0.1) is 0 Å². The van der Waals surface area contributed by atoms with Gasteiger partial charge in [0.1, 0.15) is 0 Å². The molecule has 0 aliphatic heterocycles. The highest BCUT2D eigenvalue weighted by Crippen LogP contribution is 2.09. The molecular weight excluding hydrogens is 268 g/mol. The van der Waals surface area contributed by atoms with Crippen LogP contribution in [0.3, 0.4) is 0 Å². The van der Waals surface area contributed by atoms with Crippen LogP contribution in [0.5, 0.6) is 0 Å². The molecule has 0 bridgehead atoms. The summed E-state index contributed by atoms with van der Waals surface area (Å²) in [6.07, 6.45) is 0.860. The first-order chi connectivity index (χ1) is 9.13. The van der Waals surface area contributed by atoms with Crippen LogP contribution in [-0.2, 0) is 9.63 Å². The van der Waals surface area contributed by atoms with Gasteiger partial charge in [0.25, 0.3) is 5.91 Å². The molecule has 0 unspecified atom stereocenters. The van der Waals surface area contributed by atoms with E-state index in [-0.39, 0.29) is 11.8 Å². The number of halogens is 1. The summed E-state index contributed by atoms with van der Waals surface area (Å²) in [5.74, 6) is -0.371. The minimum Gasteiger partial charge on any atom is -0.352 e. The van der Waals surface area contributed by atoms with E-state index in [2.05, 4.69) is 10.8 Å². The van der Waals surface area contributed by atoms with Gasteiger partial charge in [-0.2, -0.15) is 0 Å². The van der Waals surface area contributed by atoms with Crippen LogP contribution < -0.4 is 10.8 Å². The second kappa shape index (κ2) is 8.50. The Labute approximate surface area is 117 Å². The monoisotopic (exact) mass is 284 g/mol. The maximum atomic E-state index is 11.7. The Bertz CT molecular complexity index is 420. The molecule has 1 aromatic carbocycles. The Balaban J connectivity index is 2.20. The zero-order valence-electron chi connectivity index (χ0n) is 10.7. The highest BCUT2D eigenvalue weighted by atomic mass is 35.5. The highest BCUT2D eigenvalue weighted by molar-refractivity contribution is 6.30. The average molecular weight is 285 g/mol. The number of amides is 2. The van der Waals surface area contributed by atoms with Crippen molar-refractivity contribution in [3.05, 3.63) is 34.9 Å². The quantitative estimate of drug-likeness (QED) is 0.594. The smallest absolute Gasteiger partial charge is 0.251 e. The minimum absolute atomic E-state index is 0.179. The molecule has 5 nitrogen and oxygen atoms in total. The first-order valence-corrected chi connectivity index (χ1v) is 6.45. The third-order valence-electron chi connectivity index (χ3n) is 2.30. The molecule has 2 N–H and O–H groups in total. The molecule has 0 aromatic heterocycles. The fourth-order valence-electron chi connectivity index (χ4n) is 1.36. The summed E-state index contributed by atoms with van der Waals surface area (Å²) in [6, 6.07) is 6.62. The van der Waals surface area contributed by atoms with Crippen molar-refractivity contribution in [2.24, 2.45) is 0 Å². The van der Waals surface area contributed by atoms with E-state index in [1.54, 1.807) is 31.2 Å². The van der Waals surface area contributed by atoms with Gasteiger partial charge in [-0.3, -0.25) is 14.4 Å². The van der Waals surface area contributed by atoms with Crippen molar-refractivity contribution in [2.75, 3.05) is 13.2 Å². The number of carbonyl (C=O) groups excluding carboxylic acids is 2. The van der Waals surface area contributed by atoms with E-state index in [0.717, 1.165) is 0 Å². The molecule has 0 fully saturated rings. The molecule has 6 heteroatoms. The summed E-state index contributed by atoms with van der Waals surface area (Å²) in [7, 11) is 0. The van der Waals surface area contributed by atoms with Crippen molar-refractivity contribution in [3.8, 4) is 0 Å². The van der Waals surface area contributed by atoms with Crippen LogP contribution >= 0.6 is 11.6 Å². The zero-order valence-corrected chi connectivity index (χ0v) is 11.5. The molecule has 19 heavy (non-hydrogen) atoms. The molecule has 0 saturated heterocycles. The van der Waals surface area contributed by atoms with Gasteiger partial charge in [-0.25, -0.2) is 5.48 Å². The summed E-state index contributed by atoms with van der Waals surface area (Å²) in [5, 5.41) is 3.31. The van der Waals surface area contributed by atoms with Crippen LogP contribution in [-0.4, -0.2) is 25.0 Å². The van der Waals surface area contributed by atoms with E-state index in [9.17, 15) is 9.59 Å². The van der Waals surface area contributed by atoms with Crippen LogP contribution in [0.15, 0.2) is 24.3 Å². The molecular formula is C13H17ClN2O3. The van der Waals surface area contributed by atoms with Crippen LogP contribution in [0.25, 0.3) is 0 Å². The summed E-state index contributed by atoms with van der Waals surface area (Å²) in [6.45, 7) is 2.65. The number of rotatable bonds is 7. The molecule has 1 rings (SSSR count). The molecule has 0 saturated carbocycles. The normalized spacial score (nSPS) is 10.0. The van der Waals surface area contributed by atoms with Crippen LogP contribution in [0.2, 0.25) is 5.02 Å². The van der Waals surface area contributed by atoms with E-state index in [4.69, 9.17) is 16.4 Å². The molecule has 104 valence electrons. The molecule has 0 heterocycles. The highest BCUT2D eigenvalue weighted by Gasteiger charge is 2.05. The maximum Gasteiger partial charge on any atom is 0.251 e. The first kappa shape index (κ1) is 15.5. The lowest BCUT2D eigenvalue weighted by atomic mass is 10.2. The molecule has 0 radical (unpaired) electrons. The van der Waals surface area contributed by atoms with E-state index in [1.807, 2.05) is 0 Å². The van der Waals surface area contributed by atoms with Gasteiger partial charge in [0.2, 0.25) is 5.91 Å². The van der Waals surface area contributed by atoms with Gasteiger partial charge in [-0.05, 0) is 37.6 Å². The summed E-state index contributed by atoms with van der Waals surface area (Å²) < 4.78 is 0. The fraction of sp³-hybridized carbons (Fsp3) is 0.385. The van der Waals surface area contributed by atoms with E-state index in [1.165, 1.54) is 0 Å². The van der Waals surface area contributed by atoms with Gasteiger partial charge < -0.3 is 5.32 Å². The molecule has 0 spiro atoms. The Morgan fingerprint density at radius 3 is 2.58 bits per heavy atom. The summed E-state index contributed by atoms with van der Waals surface area (Å²) >= 11 is 5.73. The van der Waals surface area contributed by atoms with Crippen LogP contribution in [0.1, 0.15) is 30.1 Å². The first-order valence-electron chi connectivity index (χ1n) is 6.08. The number of nitrogens with one attached hydrogen (secondary N) is 2. The number of carbonyl (C=O) groups is 2. The van der Waals surface area contributed by atoms with Crippen molar-refractivity contribution >= 4 is 23.4 Å². The van der Waals surface area contributed by atoms with E-state index in [0.29, 0.717) is 36.6 Å². The Morgan fingerprint density at radius 2 is 1.95 bits per heavy atom. The SMILES string of the molecule is CCONC(=O)CCCNC(=O)c1ccc(Cl)cc1. The van der Waals surface area contributed by atoms with Gasteiger partial charge in [-0.1, -0.05) is 11.6 Å². The van der Waals surface area contributed by atoms with Gasteiger partial charge in [0, 0.05) is 23.6 Å². The van der Waals surface area contributed by atoms with Crippen molar-refractivity contribution in [2.45, 2.75) is 19.8 Å². The molecule has 1 aromatic rings. The Morgan fingerprint density at radius 1 is 1.26 bits per heavy atom. The predicted molar refractivity (Wildman–Crippen MR) is 72.8 cm³/mol. The molecule has 0 aliphatic carbocycles. The topological polar surface area (TPSA) is 67.4 Å². The number of hydrogen-bond donors (Lipinski definition) is 2. The average Bonchev–Trinajstić information content (AvgIpc) is 2.41. The second-order valence-corrected chi connectivity index (χ2v) is 4.26. The summed E-state index contributed by atoms with van der Waals surface area (Å²) in [5.41, 5.74) is 2.84. The second-order valence-electron chi connectivity index (χ2n) is 3.82. The molecule has 2 amide bonds. The van der Waals surface area contributed by atoms with Gasteiger partial charge in [-0.15, -0.1) is 0 Å². The van der Waals surface area contributed by atoms with Gasteiger partial charge in [0.15, 0.2) is 0 Å². The largest absolute Gasteiger partial charge is 0.352 e. The van der Waals surface area contributed by atoms with Gasteiger partial charge >= 0.3 is 0 Å². The Hall–Kier alpha value is -1.59. The van der Waals surface area contributed by atoms with E-state index < -0.39 is 0 Å². The zero-order chi connectivity index (χ0) is 14.1. The summed E-state index contributed by atoms with van der Waals surface area (Å²) in [4.78, 5) is 27.6. The maximum absolute atomic E-state index is 11.7. The number of hydroxylamine groups is 1. The lowest BCUT2D eigenvalue weighted by Crippen LogP contribution is -2.27. The molecule has 0 atom stereocenters. The number of benzene rings is 1. The minimum atomic E-state index is -0.192. The van der Waals surface area contributed by atoms with Crippen molar-refractivity contribution in [1.82, 2.24) is 10.8 Å². The Kier molecular flexibility index (Phi) is 6.92. The van der Waals surface area contributed by atoms with Crippen molar-refractivity contribution in [1.29, 1.82) is 0 Å². The van der Waals surface area contributed by atoms with Crippen molar-refractivity contribution < 1.29 is 14.4 Å². The predicted octanol–water partition coefficient (Wildman–Crippen LogP) is 1.92. The van der Waals surface area contributed by atoms with E-state index >= 15 is 0 Å². The van der Waals surface area contributed by atoms with Crippen LogP contribution in [0.4, 0.5) is 0 Å². The molecule has 0 aliphatic rings. The standard InChI is InChI=1S/C13H17ClN2O3/c1-2-19-16-12(17)4-3-9-15-13(18)10-5-7-11(14)8-6-10/h5-8H,2-4,9H2,1H3,(H,15,18)(H,16,17). The third kappa shape index (κ3) is 6.22. The van der Waals surface area contributed by atoms with Crippen molar-refractivity contribution in [3.63, 3.8) is 0 Å². The van der Waals surface area contributed by atoms with Gasteiger partial charge in [0.05, 0.1) is 6.61 Å². The fourth-order valence-corrected chi connectivity index (χ4v) is 1.48. The number of hydrogen-bond acceptors (Lipinski definition) is 3. The lowest BCUT2D eigenvalue weighted by Gasteiger charge is -2.06. The third-order valence-corrected chi connectivity index (χ3v) is 2.55. The lowest BCUT2D eigenvalue weighted by molar-refractivity contribution is -0.133.